The van der Waals surface area contributed by atoms with E-state index in [2.05, 4.69) is 11.3 Å². The maximum atomic E-state index is 12.0. The third kappa shape index (κ3) is 7.06. The first kappa shape index (κ1) is 16.6. The lowest BCUT2D eigenvalue weighted by Gasteiger charge is -2.24. The zero-order valence-corrected chi connectivity index (χ0v) is 11.9. The van der Waals surface area contributed by atoms with Gasteiger partial charge in [-0.15, -0.1) is 0 Å². The standard InChI is InChI=1S/C13H24N2O3/c1-6-15(9-11(2)3)12(16)10-14(4)8-7-13(17)18-5/h2,6-10H2,1,3-5H3. The Morgan fingerprint density at radius 1 is 1.28 bits per heavy atom. The molecule has 0 saturated heterocycles. The largest absolute Gasteiger partial charge is 0.469 e. The Hall–Kier alpha value is -1.36. The van der Waals surface area contributed by atoms with Gasteiger partial charge in [0.25, 0.3) is 0 Å². The molecule has 0 unspecified atom stereocenters. The SMILES string of the molecule is C=C(C)CN(CC)C(=O)CN(C)CCC(=O)OC. The lowest BCUT2D eigenvalue weighted by atomic mass is 10.3. The summed E-state index contributed by atoms with van der Waals surface area (Å²) in [5.74, 6) is -0.212. The van der Waals surface area contributed by atoms with Gasteiger partial charge in [0, 0.05) is 19.6 Å². The molecule has 5 heteroatoms. The van der Waals surface area contributed by atoms with Gasteiger partial charge in [-0.1, -0.05) is 12.2 Å². The van der Waals surface area contributed by atoms with Gasteiger partial charge < -0.3 is 9.64 Å². The fourth-order valence-electron chi connectivity index (χ4n) is 1.50. The number of hydrogen-bond acceptors (Lipinski definition) is 4. The lowest BCUT2D eigenvalue weighted by Crippen LogP contribution is -2.40. The summed E-state index contributed by atoms with van der Waals surface area (Å²) >= 11 is 0. The maximum absolute atomic E-state index is 12.0. The number of hydrogen-bond donors (Lipinski definition) is 0. The van der Waals surface area contributed by atoms with Crippen LogP contribution in [0.15, 0.2) is 12.2 Å². The number of likely N-dealkylation sites (N-methyl/N-ethyl adjacent to an activating group) is 2. The third-order valence-electron chi connectivity index (χ3n) is 2.53. The minimum absolute atomic E-state index is 0.0489. The zero-order valence-electron chi connectivity index (χ0n) is 11.9. The van der Waals surface area contributed by atoms with Gasteiger partial charge in [-0.2, -0.15) is 0 Å². The summed E-state index contributed by atoms with van der Waals surface area (Å²) in [5.41, 5.74) is 0.961. The highest BCUT2D eigenvalue weighted by molar-refractivity contribution is 5.78. The van der Waals surface area contributed by atoms with E-state index >= 15 is 0 Å². The summed E-state index contributed by atoms with van der Waals surface area (Å²) in [7, 11) is 3.18. The van der Waals surface area contributed by atoms with Crippen LogP contribution in [0.4, 0.5) is 0 Å². The van der Waals surface area contributed by atoms with Gasteiger partial charge in [0.1, 0.15) is 0 Å². The molecule has 0 saturated carbocycles. The summed E-state index contributed by atoms with van der Waals surface area (Å²) in [6, 6.07) is 0. The van der Waals surface area contributed by atoms with E-state index in [9.17, 15) is 9.59 Å². The predicted molar refractivity (Wildman–Crippen MR) is 71.2 cm³/mol. The van der Waals surface area contributed by atoms with Crippen molar-refractivity contribution in [1.82, 2.24) is 9.80 Å². The van der Waals surface area contributed by atoms with Crippen LogP contribution >= 0.6 is 0 Å². The first-order valence-corrected chi connectivity index (χ1v) is 6.08. The van der Waals surface area contributed by atoms with Crippen molar-refractivity contribution in [1.29, 1.82) is 0 Å². The number of carbonyl (C=O) groups is 2. The molecule has 0 atom stereocenters. The van der Waals surface area contributed by atoms with Crippen molar-refractivity contribution in [3.05, 3.63) is 12.2 Å². The summed E-state index contributed by atoms with van der Waals surface area (Å²) < 4.78 is 4.55. The minimum Gasteiger partial charge on any atom is -0.469 e. The van der Waals surface area contributed by atoms with Crippen LogP contribution in [0.5, 0.6) is 0 Å². The Balaban J connectivity index is 4.11. The Morgan fingerprint density at radius 3 is 2.33 bits per heavy atom. The van der Waals surface area contributed by atoms with Crippen LogP contribution in [-0.2, 0) is 14.3 Å². The summed E-state index contributed by atoms with van der Waals surface area (Å²) in [6.45, 7) is 9.71. The first-order valence-electron chi connectivity index (χ1n) is 6.08. The Kier molecular flexibility index (Phi) is 8.03. The number of esters is 1. The molecule has 0 bridgehead atoms. The van der Waals surface area contributed by atoms with Crippen molar-refractivity contribution in [3.8, 4) is 0 Å². The van der Waals surface area contributed by atoms with Gasteiger partial charge >= 0.3 is 5.97 Å². The van der Waals surface area contributed by atoms with Crippen LogP contribution in [0.1, 0.15) is 20.3 Å². The number of rotatable bonds is 8. The molecule has 5 nitrogen and oxygen atoms in total. The highest BCUT2D eigenvalue weighted by Gasteiger charge is 2.14. The fourth-order valence-corrected chi connectivity index (χ4v) is 1.50. The van der Waals surface area contributed by atoms with E-state index in [1.165, 1.54) is 7.11 Å². The molecule has 1 amide bonds. The topological polar surface area (TPSA) is 49.9 Å². The van der Waals surface area contributed by atoms with Crippen LogP contribution in [-0.4, -0.2) is 62.0 Å². The van der Waals surface area contributed by atoms with E-state index in [1.807, 2.05) is 25.8 Å². The second kappa shape index (κ2) is 8.69. The average Bonchev–Trinajstić information content (AvgIpc) is 2.32. The van der Waals surface area contributed by atoms with Crippen molar-refractivity contribution < 1.29 is 14.3 Å². The minimum atomic E-state index is -0.261. The molecule has 0 rings (SSSR count). The molecule has 0 aromatic carbocycles. The predicted octanol–water partition coefficient (Wildman–Crippen LogP) is 0.906. The molecule has 0 aromatic rings. The molecular formula is C13H24N2O3. The number of amides is 1. The number of carbonyl (C=O) groups excluding carboxylic acids is 2. The molecule has 0 aliphatic carbocycles. The van der Waals surface area contributed by atoms with Crippen molar-refractivity contribution in [2.45, 2.75) is 20.3 Å². The molecule has 0 radical (unpaired) electrons. The van der Waals surface area contributed by atoms with Gasteiger partial charge in [0.2, 0.25) is 5.91 Å². The smallest absolute Gasteiger partial charge is 0.306 e. The second-order valence-electron chi connectivity index (χ2n) is 4.43. The van der Waals surface area contributed by atoms with Gasteiger partial charge in [0.15, 0.2) is 0 Å². The van der Waals surface area contributed by atoms with E-state index in [4.69, 9.17) is 0 Å². The summed E-state index contributed by atoms with van der Waals surface area (Å²) in [4.78, 5) is 26.5. The van der Waals surface area contributed by atoms with E-state index < -0.39 is 0 Å². The van der Waals surface area contributed by atoms with Crippen molar-refractivity contribution in [2.75, 3.05) is 40.3 Å². The molecular weight excluding hydrogens is 232 g/mol. The van der Waals surface area contributed by atoms with Crippen LogP contribution < -0.4 is 0 Å². The van der Waals surface area contributed by atoms with E-state index in [0.29, 0.717) is 32.6 Å². The number of nitrogens with zero attached hydrogens (tertiary/aromatic N) is 2. The maximum Gasteiger partial charge on any atom is 0.306 e. The van der Waals surface area contributed by atoms with Crippen LogP contribution in [0, 0.1) is 0 Å². The highest BCUT2D eigenvalue weighted by atomic mass is 16.5. The normalized spacial score (nSPS) is 10.3. The Labute approximate surface area is 109 Å². The average molecular weight is 256 g/mol. The van der Waals surface area contributed by atoms with Gasteiger partial charge in [-0.05, 0) is 20.9 Å². The van der Waals surface area contributed by atoms with Gasteiger partial charge in [0.05, 0.1) is 20.1 Å². The van der Waals surface area contributed by atoms with Crippen molar-refractivity contribution in [2.24, 2.45) is 0 Å². The Morgan fingerprint density at radius 2 is 1.89 bits per heavy atom. The van der Waals surface area contributed by atoms with E-state index in [-0.39, 0.29) is 11.9 Å². The summed E-state index contributed by atoms with van der Waals surface area (Å²) in [5, 5.41) is 0. The molecule has 0 aliphatic rings. The molecule has 0 fully saturated rings. The second-order valence-corrected chi connectivity index (χ2v) is 4.43. The lowest BCUT2D eigenvalue weighted by molar-refractivity contribution is -0.141. The van der Waals surface area contributed by atoms with E-state index in [0.717, 1.165) is 5.57 Å². The van der Waals surface area contributed by atoms with Crippen molar-refractivity contribution in [3.63, 3.8) is 0 Å². The highest BCUT2D eigenvalue weighted by Crippen LogP contribution is 1.99. The quantitative estimate of drug-likeness (QED) is 0.478. The van der Waals surface area contributed by atoms with Gasteiger partial charge in [-0.25, -0.2) is 0 Å². The number of ether oxygens (including phenoxy) is 1. The molecule has 0 spiro atoms. The van der Waals surface area contributed by atoms with Gasteiger partial charge in [-0.3, -0.25) is 14.5 Å². The molecule has 0 aromatic heterocycles. The number of methoxy groups -OCH3 is 1. The third-order valence-corrected chi connectivity index (χ3v) is 2.53. The molecule has 0 N–H and O–H groups in total. The monoisotopic (exact) mass is 256 g/mol. The summed E-state index contributed by atoms with van der Waals surface area (Å²) in [6.07, 6.45) is 0.299. The van der Waals surface area contributed by atoms with Crippen LogP contribution in [0.25, 0.3) is 0 Å². The molecule has 0 heterocycles. The molecule has 18 heavy (non-hydrogen) atoms. The zero-order chi connectivity index (χ0) is 14.1. The van der Waals surface area contributed by atoms with Crippen LogP contribution in [0.2, 0.25) is 0 Å². The van der Waals surface area contributed by atoms with Crippen LogP contribution in [0.3, 0.4) is 0 Å². The van der Waals surface area contributed by atoms with E-state index in [1.54, 1.807) is 4.90 Å². The first-order chi connectivity index (χ1) is 8.40. The molecule has 0 aliphatic heterocycles. The fraction of sp³-hybridized carbons (Fsp3) is 0.692. The van der Waals surface area contributed by atoms with Crippen molar-refractivity contribution >= 4 is 11.9 Å². The Bertz CT molecular complexity index is 303. The molecule has 104 valence electrons.